The van der Waals surface area contributed by atoms with Gasteiger partial charge in [0.05, 0.1) is 18.4 Å². The van der Waals surface area contributed by atoms with Gasteiger partial charge in [-0.05, 0) is 10.4 Å². The van der Waals surface area contributed by atoms with Crippen LogP contribution in [0.2, 0.25) is 0 Å². The van der Waals surface area contributed by atoms with E-state index in [1.807, 2.05) is 0 Å². The average Bonchev–Trinajstić information content (AvgIpc) is 2.71. The van der Waals surface area contributed by atoms with Gasteiger partial charge in [0.1, 0.15) is 6.54 Å². The summed E-state index contributed by atoms with van der Waals surface area (Å²) in [5.41, 5.74) is 0. The van der Waals surface area contributed by atoms with Crippen LogP contribution < -0.4 is 0 Å². The van der Waals surface area contributed by atoms with Gasteiger partial charge in [-0.1, -0.05) is 0 Å². The van der Waals surface area contributed by atoms with Crippen molar-refractivity contribution in [3.8, 4) is 6.07 Å². The number of nitrogens with zero attached hydrogens (tertiary/aromatic N) is 5. The molecule has 1 heterocycles. The summed E-state index contributed by atoms with van der Waals surface area (Å²) in [6.45, 7) is -1.60. The molecule has 0 N–H and O–H groups in total. The maximum atomic E-state index is 12.4. The van der Waals surface area contributed by atoms with Crippen LogP contribution >= 0.6 is 0 Å². The lowest BCUT2D eigenvalue weighted by atomic mass is 9.97. The van der Waals surface area contributed by atoms with E-state index in [0.29, 0.717) is 0 Å². The topological polar surface area (TPSA) is 84.5 Å². The first-order valence-electron chi connectivity index (χ1n) is 5.25. The third-order valence-corrected chi connectivity index (χ3v) is 2.26. The molecule has 1 aromatic heterocycles. The summed E-state index contributed by atoms with van der Waals surface area (Å²) < 4.78 is 61.9. The zero-order valence-electron chi connectivity index (χ0n) is 9.81. The molecule has 0 bridgehead atoms. The first kappa shape index (κ1) is 15.9. The highest BCUT2D eigenvalue weighted by Gasteiger charge is 2.34. The first-order chi connectivity index (χ1) is 9.24. The van der Waals surface area contributed by atoms with E-state index in [9.17, 15) is 26.7 Å². The summed E-state index contributed by atoms with van der Waals surface area (Å²) in [6, 6.07) is 1.46. The van der Waals surface area contributed by atoms with Crippen molar-refractivity contribution in [3.63, 3.8) is 0 Å². The summed E-state index contributed by atoms with van der Waals surface area (Å²) in [6.07, 6.45) is -9.37. The Labute approximate surface area is 109 Å². The average molecular weight is 297 g/mol. The van der Waals surface area contributed by atoms with Crippen molar-refractivity contribution in [2.45, 2.75) is 37.9 Å². The van der Waals surface area contributed by atoms with Crippen molar-refractivity contribution >= 4 is 5.78 Å². The van der Waals surface area contributed by atoms with Gasteiger partial charge in [-0.3, -0.25) is 4.79 Å². The van der Waals surface area contributed by atoms with E-state index < -0.39 is 49.5 Å². The molecule has 6 nitrogen and oxygen atoms in total. The Morgan fingerprint density at radius 2 is 2.05 bits per heavy atom. The number of rotatable bonds is 6. The molecule has 0 radical (unpaired) electrons. The second kappa shape index (κ2) is 6.36. The Kier molecular flexibility index (Phi) is 5.06. The number of alkyl halides is 5. The molecular formula is C9H8F5N5O. The number of ketones is 1. The highest BCUT2D eigenvalue weighted by atomic mass is 19.4. The minimum atomic E-state index is -4.67. The van der Waals surface area contributed by atoms with Crippen LogP contribution in [0.1, 0.15) is 24.6 Å². The second-order valence-electron chi connectivity index (χ2n) is 3.79. The van der Waals surface area contributed by atoms with Crippen LogP contribution in [0.25, 0.3) is 0 Å². The Bertz CT molecular complexity index is 506. The lowest BCUT2D eigenvalue weighted by Crippen LogP contribution is -2.25. The minimum Gasteiger partial charge on any atom is -0.298 e. The van der Waals surface area contributed by atoms with Gasteiger partial charge in [0.25, 0.3) is 0 Å². The van der Waals surface area contributed by atoms with Gasteiger partial charge in [-0.15, -0.1) is 5.10 Å². The van der Waals surface area contributed by atoms with E-state index in [4.69, 9.17) is 5.26 Å². The number of nitriles is 1. The number of hydrogen-bond donors (Lipinski definition) is 0. The summed E-state index contributed by atoms with van der Waals surface area (Å²) in [7, 11) is 0. The Morgan fingerprint density at radius 1 is 1.40 bits per heavy atom. The third kappa shape index (κ3) is 4.52. The van der Waals surface area contributed by atoms with E-state index in [1.54, 1.807) is 0 Å². The van der Waals surface area contributed by atoms with Crippen LogP contribution in [0.4, 0.5) is 22.0 Å². The van der Waals surface area contributed by atoms with Crippen molar-refractivity contribution in [2.24, 2.45) is 0 Å². The zero-order chi connectivity index (χ0) is 15.3. The smallest absolute Gasteiger partial charge is 0.298 e. The van der Waals surface area contributed by atoms with E-state index in [2.05, 4.69) is 15.5 Å². The van der Waals surface area contributed by atoms with Crippen LogP contribution in [-0.2, 0) is 11.3 Å². The van der Waals surface area contributed by atoms with Crippen molar-refractivity contribution < 1.29 is 26.7 Å². The molecule has 20 heavy (non-hydrogen) atoms. The number of tetrazole rings is 1. The molecule has 0 aliphatic rings. The Morgan fingerprint density at radius 3 is 2.55 bits per heavy atom. The van der Waals surface area contributed by atoms with Gasteiger partial charge < -0.3 is 0 Å². The van der Waals surface area contributed by atoms with Gasteiger partial charge in [-0.25, -0.2) is 13.5 Å². The van der Waals surface area contributed by atoms with Gasteiger partial charge in [-0.2, -0.15) is 18.4 Å². The van der Waals surface area contributed by atoms with Crippen LogP contribution in [0.3, 0.4) is 0 Å². The highest BCUT2D eigenvalue weighted by Crippen LogP contribution is 2.25. The molecule has 0 saturated heterocycles. The van der Waals surface area contributed by atoms with Gasteiger partial charge in [0.2, 0.25) is 6.43 Å². The highest BCUT2D eigenvalue weighted by molar-refractivity contribution is 5.86. The van der Waals surface area contributed by atoms with E-state index in [-0.39, 0.29) is 4.68 Å². The molecule has 0 aliphatic heterocycles. The van der Waals surface area contributed by atoms with Crippen LogP contribution in [0, 0.1) is 11.3 Å². The molecule has 1 unspecified atom stereocenters. The molecule has 1 atom stereocenters. The molecule has 1 aromatic rings. The normalized spacial score (nSPS) is 13.2. The summed E-state index contributed by atoms with van der Waals surface area (Å²) in [5.74, 6) is -3.22. The van der Waals surface area contributed by atoms with Gasteiger partial charge in [0, 0.05) is 6.42 Å². The molecular weight excluding hydrogens is 289 g/mol. The molecule has 0 saturated carbocycles. The van der Waals surface area contributed by atoms with Crippen molar-refractivity contribution in [1.82, 2.24) is 20.2 Å². The number of carbonyl (C=O) groups excluding carboxylic acids is 1. The molecule has 11 heteroatoms. The van der Waals surface area contributed by atoms with Crippen LogP contribution in [0.15, 0.2) is 0 Å². The fraction of sp³-hybridized carbons (Fsp3) is 0.667. The lowest BCUT2D eigenvalue weighted by molar-refractivity contribution is -0.144. The number of halogens is 5. The molecule has 0 fully saturated rings. The maximum Gasteiger partial charge on any atom is 0.408 e. The van der Waals surface area contributed by atoms with E-state index >= 15 is 0 Å². The summed E-state index contributed by atoms with van der Waals surface area (Å²) in [4.78, 5) is 11.5. The minimum absolute atomic E-state index is 0.238. The fourth-order valence-corrected chi connectivity index (χ4v) is 1.50. The molecule has 0 spiro atoms. The molecule has 0 aromatic carbocycles. The number of Topliss-reactive ketones (excluding diaryl/α,β-unsaturated/α-hetero) is 1. The lowest BCUT2D eigenvalue weighted by Gasteiger charge is -2.14. The first-order valence-corrected chi connectivity index (χ1v) is 5.25. The third-order valence-electron chi connectivity index (χ3n) is 2.26. The zero-order valence-corrected chi connectivity index (χ0v) is 9.81. The predicted octanol–water partition coefficient (Wildman–Crippen LogP) is 1.46. The van der Waals surface area contributed by atoms with Crippen LogP contribution in [-0.4, -0.2) is 38.6 Å². The maximum absolute atomic E-state index is 12.4. The quantitative estimate of drug-likeness (QED) is 0.742. The fourth-order valence-electron chi connectivity index (χ4n) is 1.50. The SMILES string of the molecule is N#CCC(=O)C(CC(F)F)c1nnnn1CC(F)(F)F. The van der Waals surface area contributed by atoms with Crippen molar-refractivity contribution in [1.29, 1.82) is 5.26 Å². The summed E-state index contributed by atoms with van der Waals surface area (Å²) >= 11 is 0. The Hall–Kier alpha value is -2.12. The van der Waals surface area contributed by atoms with E-state index in [0.717, 1.165) is 0 Å². The van der Waals surface area contributed by atoms with Crippen LogP contribution in [0.5, 0.6) is 0 Å². The molecule has 1 rings (SSSR count). The molecule has 110 valence electrons. The number of carbonyl (C=O) groups is 1. The standard InChI is InChI=1S/C9H8F5N5O/c10-7(11)3-5(6(20)1-2-15)8-16-17-18-19(8)4-9(12,13)14/h5,7H,1,3-4H2. The largest absolute Gasteiger partial charge is 0.408 e. The molecule has 0 amide bonds. The van der Waals surface area contributed by atoms with Gasteiger partial charge in [0.15, 0.2) is 11.6 Å². The predicted molar refractivity (Wildman–Crippen MR) is 52.5 cm³/mol. The second-order valence-corrected chi connectivity index (χ2v) is 3.79. The number of aromatic nitrogens is 4. The Balaban J connectivity index is 3.05. The number of hydrogen-bond acceptors (Lipinski definition) is 5. The molecule has 0 aliphatic carbocycles. The summed E-state index contributed by atoms with van der Waals surface area (Å²) in [5, 5.41) is 17.6. The van der Waals surface area contributed by atoms with Gasteiger partial charge >= 0.3 is 6.18 Å². The van der Waals surface area contributed by atoms with E-state index in [1.165, 1.54) is 6.07 Å². The van der Waals surface area contributed by atoms with Crippen molar-refractivity contribution in [2.75, 3.05) is 0 Å². The van der Waals surface area contributed by atoms with Crippen molar-refractivity contribution in [3.05, 3.63) is 5.82 Å². The monoisotopic (exact) mass is 297 g/mol.